The van der Waals surface area contributed by atoms with Crippen molar-refractivity contribution in [1.29, 1.82) is 0 Å². The van der Waals surface area contributed by atoms with Gasteiger partial charge in [0.1, 0.15) is 0 Å². The quantitative estimate of drug-likeness (QED) is 0.550. The predicted octanol–water partition coefficient (Wildman–Crippen LogP) is 1.63. The molecule has 0 saturated carbocycles. The van der Waals surface area contributed by atoms with Crippen molar-refractivity contribution in [3.8, 4) is 0 Å². The van der Waals surface area contributed by atoms with E-state index in [1.54, 1.807) is 0 Å². The molecule has 1 amide bonds. The van der Waals surface area contributed by atoms with Crippen molar-refractivity contribution >= 4 is 11.9 Å². The van der Waals surface area contributed by atoms with Crippen molar-refractivity contribution < 1.29 is 14.7 Å². The third-order valence-corrected chi connectivity index (χ3v) is 2.51. The minimum absolute atomic E-state index is 0.348. The van der Waals surface area contributed by atoms with E-state index in [9.17, 15) is 9.59 Å². The normalized spacial score (nSPS) is 15.9. The predicted molar refractivity (Wildman–Crippen MR) is 61.0 cm³/mol. The largest absolute Gasteiger partial charge is 0.478 e. The number of amides is 1. The summed E-state index contributed by atoms with van der Waals surface area (Å²) >= 11 is 0. The van der Waals surface area contributed by atoms with Crippen LogP contribution in [0.1, 0.15) is 32.1 Å². The molecular formula is C12H17NO3. The first-order chi connectivity index (χ1) is 7.68. The lowest BCUT2D eigenvalue weighted by atomic mass is 9.97. The lowest BCUT2D eigenvalue weighted by Crippen LogP contribution is -2.22. The standard InChI is InChI=1S/C12H17NO3/c14-11(6-7-12(15)16)13-9-8-10-4-2-1-3-5-10/h4,6-7H,1-3,5,8-9H2,(H,13,14)(H,15,16)/b7-6+. The molecule has 0 spiro atoms. The summed E-state index contributed by atoms with van der Waals surface area (Å²) in [5, 5.41) is 11.0. The SMILES string of the molecule is O=C(O)/C=C/C(=O)NCCC1=CCCCC1. The van der Waals surface area contributed by atoms with Gasteiger partial charge in [0.25, 0.3) is 0 Å². The molecule has 0 unspecified atom stereocenters. The maximum absolute atomic E-state index is 11.1. The van der Waals surface area contributed by atoms with Crippen LogP contribution in [0.25, 0.3) is 0 Å². The van der Waals surface area contributed by atoms with Gasteiger partial charge in [0, 0.05) is 18.7 Å². The molecule has 0 aliphatic heterocycles. The highest BCUT2D eigenvalue weighted by Crippen LogP contribution is 2.19. The Kier molecular flexibility index (Phi) is 5.32. The Morgan fingerprint density at radius 1 is 1.38 bits per heavy atom. The zero-order valence-corrected chi connectivity index (χ0v) is 9.24. The fourth-order valence-corrected chi connectivity index (χ4v) is 1.68. The Morgan fingerprint density at radius 2 is 2.19 bits per heavy atom. The maximum Gasteiger partial charge on any atom is 0.328 e. The summed E-state index contributed by atoms with van der Waals surface area (Å²) in [6.45, 7) is 0.578. The fourth-order valence-electron chi connectivity index (χ4n) is 1.68. The highest BCUT2D eigenvalue weighted by molar-refractivity contribution is 5.93. The van der Waals surface area contributed by atoms with Crippen molar-refractivity contribution in [1.82, 2.24) is 5.32 Å². The smallest absolute Gasteiger partial charge is 0.328 e. The number of carboxylic acid groups (broad SMARTS) is 1. The Bertz CT molecular complexity index is 318. The van der Waals surface area contributed by atoms with E-state index in [2.05, 4.69) is 11.4 Å². The van der Waals surface area contributed by atoms with Gasteiger partial charge in [-0.25, -0.2) is 4.79 Å². The summed E-state index contributed by atoms with van der Waals surface area (Å²) in [7, 11) is 0. The second-order valence-corrected chi connectivity index (χ2v) is 3.82. The summed E-state index contributed by atoms with van der Waals surface area (Å²) in [5.41, 5.74) is 1.40. The molecule has 2 N–H and O–H groups in total. The average Bonchev–Trinajstić information content (AvgIpc) is 2.28. The third-order valence-electron chi connectivity index (χ3n) is 2.51. The summed E-state index contributed by atoms with van der Waals surface area (Å²) in [6.07, 6.45) is 9.75. The number of hydrogen-bond donors (Lipinski definition) is 2. The van der Waals surface area contributed by atoms with Crippen LogP contribution in [0, 0.1) is 0 Å². The van der Waals surface area contributed by atoms with Gasteiger partial charge >= 0.3 is 5.97 Å². The van der Waals surface area contributed by atoms with Gasteiger partial charge in [-0.2, -0.15) is 0 Å². The monoisotopic (exact) mass is 223 g/mol. The fraction of sp³-hybridized carbons (Fsp3) is 0.500. The van der Waals surface area contributed by atoms with Crippen molar-refractivity contribution in [3.05, 3.63) is 23.8 Å². The molecule has 0 aromatic rings. The van der Waals surface area contributed by atoms with E-state index in [-0.39, 0.29) is 5.91 Å². The van der Waals surface area contributed by atoms with Gasteiger partial charge in [0.05, 0.1) is 0 Å². The zero-order chi connectivity index (χ0) is 11.8. The van der Waals surface area contributed by atoms with Crippen LogP contribution in [0.15, 0.2) is 23.8 Å². The molecule has 0 heterocycles. The van der Waals surface area contributed by atoms with Crippen molar-refractivity contribution in [2.45, 2.75) is 32.1 Å². The van der Waals surface area contributed by atoms with Gasteiger partial charge in [-0.05, 0) is 32.1 Å². The Balaban J connectivity index is 2.17. The molecule has 4 heteroatoms. The Hall–Kier alpha value is -1.58. The average molecular weight is 223 g/mol. The van der Waals surface area contributed by atoms with E-state index >= 15 is 0 Å². The van der Waals surface area contributed by atoms with Gasteiger partial charge in [-0.1, -0.05) is 11.6 Å². The first-order valence-corrected chi connectivity index (χ1v) is 5.55. The molecule has 0 aromatic carbocycles. The van der Waals surface area contributed by atoms with Gasteiger partial charge in [-0.3, -0.25) is 4.79 Å². The van der Waals surface area contributed by atoms with E-state index in [1.165, 1.54) is 18.4 Å². The molecule has 1 rings (SSSR count). The number of nitrogens with one attached hydrogen (secondary N) is 1. The number of aliphatic carboxylic acids is 1. The lowest BCUT2D eigenvalue weighted by Gasteiger charge is -2.12. The van der Waals surface area contributed by atoms with E-state index in [1.807, 2.05) is 0 Å². The second-order valence-electron chi connectivity index (χ2n) is 3.82. The molecule has 0 bridgehead atoms. The van der Waals surface area contributed by atoms with Crippen LogP contribution in [-0.4, -0.2) is 23.5 Å². The second kappa shape index (κ2) is 6.82. The number of carbonyl (C=O) groups excluding carboxylic acids is 1. The lowest BCUT2D eigenvalue weighted by molar-refractivity contribution is -0.131. The minimum atomic E-state index is -1.11. The highest BCUT2D eigenvalue weighted by Gasteiger charge is 2.03. The van der Waals surface area contributed by atoms with Crippen LogP contribution in [0.4, 0.5) is 0 Å². The molecule has 4 nitrogen and oxygen atoms in total. The number of hydrogen-bond acceptors (Lipinski definition) is 2. The molecule has 16 heavy (non-hydrogen) atoms. The topological polar surface area (TPSA) is 66.4 Å². The van der Waals surface area contributed by atoms with Gasteiger partial charge < -0.3 is 10.4 Å². The molecule has 88 valence electrons. The van der Waals surface area contributed by atoms with E-state index in [0.29, 0.717) is 6.54 Å². The minimum Gasteiger partial charge on any atom is -0.478 e. The molecule has 1 aliphatic carbocycles. The van der Waals surface area contributed by atoms with E-state index in [0.717, 1.165) is 31.4 Å². The van der Waals surface area contributed by atoms with Crippen LogP contribution in [0.2, 0.25) is 0 Å². The molecule has 0 fully saturated rings. The molecule has 0 atom stereocenters. The van der Waals surface area contributed by atoms with Crippen LogP contribution >= 0.6 is 0 Å². The molecule has 1 aliphatic rings. The molecule has 0 saturated heterocycles. The molecule has 0 radical (unpaired) electrons. The van der Waals surface area contributed by atoms with Crippen LogP contribution in [0.5, 0.6) is 0 Å². The molecule has 0 aromatic heterocycles. The highest BCUT2D eigenvalue weighted by atomic mass is 16.4. The number of carboxylic acids is 1. The first kappa shape index (κ1) is 12.5. The van der Waals surface area contributed by atoms with Crippen LogP contribution in [0.3, 0.4) is 0 Å². The Morgan fingerprint density at radius 3 is 2.81 bits per heavy atom. The summed E-state index contributed by atoms with van der Waals surface area (Å²) in [4.78, 5) is 21.3. The van der Waals surface area contributed by atoms with Crippen LogP contribution < -0.4 is 5.32 Å². The van der Waals surface area contributed by atoms with Gasteiger partial charge in [-0.15, -0.1) is 0 Å². The number of carbonyl (C=O) groups is 2. The maximum atomic E-state index is 11.1. The summed E-state index contributed by atoms with van der Waals surface area (Å²) < 4.78 is 0. The van der Waals surface area contributed by atoms with Gasteiger partial charge in [0.15, 0.2) is 0 Å². The summed E-state index contributed by atoms with van der Waals surface area (Å²) in [5.74, 6) is -1.45. The van der Waals surface area contributed by atoms with Crippen molar-refractivity contribution in [2.24, 2.45) is 0 Å². The van der Waals surface area contributed by atoms with Crippen molar-refractivity contribution in [2.75, 3.05) is 6.54 Å². The van der Waals surface area contributed by atoms with E-state index < -0.39 is 5.97 Å². The first-order valence-electron chi connectivity index (χ1n) is 5.55. The van der Waals surface area contributed by atoms with Crippen LogP contribution in [-0.2, 0) is 9.59 Å². The number of rotatable bonds is 5. The Labute approximate surface area is 95.0 Å². The summed E-state index contributed by atoms with van der Waals surface area (Å²) in [6, 6.07) is 0. The number of allylic oxidation sites excluding steroid dienone is 1. The van der Waals surface area contributed by atoms with Gasteiger partial charge in [0.2, 0.25) is 5.91 Å². The zero-order valence-electron chi connectivity index (χ0n) is 9.24. The van der Waals surface area contributed by atoms with E-state index in [4.69, 9.17) is 5.11 Å². The molecular weight excluding hydrogens is 206 g/mol. The van der Waals surface area contributed by atoms with Crippen molar-refractivity contribution in [3.63, 3.8) is 0 Å². The third kappa shape index (κ3) is 5.34.